The molecule has 1 unspecified atom stereocenters. The summed E-state index contributed by atoms with van der Waals surface area (Å²) in [5, 5.41) is 6.42. The molecule has 1 amide bonds. The zero-order chi connectivity index (χ0) is 15.1. The summed E-state index contributed by atoms with van der Waals surface area (Å²) in [6, 6.07) is 10.3. The van der Waals surface area contributed by atoms with E-state index in [-0.39, 0.29) is 11.3 Å². The summed E-state index contributed by atoms with van der Waals surface area (Å²) >= 11 is 0. The maximum atomic E-state index is 12.3. The molecule has 0 aromatic heterocycles. The predicted octanol–water partition coefficient (Wildman–Crippen LogP) is 2.02. The van der Waals surface area contributed by atoms with E-state index in [9.17, 15) is 4.79 Å². The van der Waals surface area contributed by atoms with Gasteiger partial charge >= 0.3 is 0 Å². The second kappa shape index (κ2) is 7.46. The monoisotopic (exact) mass is 289 g/mol. The Labute approximate surface area is 127 Å². The van der Waals surface area contributed by atoms with E-state index in [0.717, 1.165) is 45.4 Å². The molecule has 1 atom stereocenters. The number of para-hydroxylation sites is 1. The number of carbonyl (C=O) groups is 1. The summed E-state index contributed by atoms with van der Waals surface area (Å²) in [7, 11) is 2.09. The fourth-order valence-corrected chi connectivity index (χ4v) is 2.92. The van der Waals surface area contributed by atoms with Gasteiger partial charge in [-0.2, -0.15) is 0 Å². The lowest BCUT2D eigenvalue weighted by Gasteiger charge is -2.25. The van der Waals surface area contributed by atoms with Crippen molar-refractivity contribution in [3.63, 3.8) is 0 Å². The van der Waals surface area contributed by atoms with Gasteiger partial charge in [-0.05, 0) is 37.9 Å². The van der Waals surface area contributed by atoms with Gasteiger partial charge in [0.05, 0.1) is 5.41 Å². The molecule has 2 N–H and O–H groups in total. The van der Waals surface area contributed by atoms with E-state index >= 15 is 0 Å². The molecule has 1 fully saturated rings. The average Bonchev–Trinajstić information content (AvgIpc) is 3.02. The second-order valence-electron chi connectivity index (χ2n) is 5.93. The van der Waals surface area contributed by atoms with Crippen LogP contribution in [0, 0.1) is 5.41 Å². The lowest BCUT2D eigenvalue weighted by atomic mass is 9.83. The molecule has 0 bridgehead atoms. The Balaban J connectivity index is 1.71. The Morgan fingerprint density at radius 2 is 2.14 bits per heavy atom. The minimum absolute atomic E-state index is 0.175. The smallest absolute Gasteiger partial charge is 0.227 e. The zero-order valence-corrected chi connectivity index (χ0v) is 13.2. The van der Waals surface area contributed by atoms with Crippen LogP contribution < -0.4 is 15.5 Å². The van der Waals surface area contributed by atoms with Crippen molar-refractivity contribution in [1.82, 2.24) is 10.6 Å². The quantitative estimate of drug-likeness (QED) is 0.755. The van der Waals surface area contributed by atoms with Crippen LogP contribution in [0.15, 0.2) is 30.3 Å². The highest BCUT2D eigenvalue weighted by Crippen LogP contribution is 2.29. The summed E-state index contributed by atoms with van der Waals surface area (Å²) < 4.78 is 0. The molecule has 4 nitrogen and oxygen atoms in total. The molecular formula is C17H27N3O. The van der Waals surface area contributed by atoms with Gasteiger partial charge in [-0.15, -0.1) is 0 Å². The van der Waals surface area contributed by atoms with Crippen molar-refractivity contribution in [3.05, 3.63) is 30.3 Å². The summed E-state index contributed by atoms with van der Waals surface area (Å²) in [5.41, 5.74) is 1.04. The molecule has 4 heteroatoms. The number of anilines is 1. The van der Waals surface area contributed by atoms with E-state index in [1.165, 1.54) is 5.69 Å². The third-order valence-corrected chi connectivity index (χ3v) is 4.55. The van der Waals surface area contributed by atoms with Crippen molar-refractivity contribution >= 4 is 11.6 Å². The Kier molecular flexibility index (Phi) is 5.62. The SMILES string of the molecule is CCC1(C(=O)NCCCN(C)c2ccccc2)CCNC1. The molecule has 0 spiro atoms. The summed E-state index contributed by atoms with van der Waals surface area (Å²) in [6.45, 7) is 5.58. The fourth-order valence-electron chi connectivity index (χ4n) is 2.92. The summed E-state index contributed by atoms with van der Waals surface area (Å²) in [6.07, 6.45) is 2.83. The Morgan fingerprint density at radius 3 is 2.76 bits per heavy atom. The Bertz CT molecular complexity index is 441. The normalized spacial score (nSPS) is 21.2. The van der Waals surface area contributed by atoms with Crippen LogP contribution in [0.3, 0.4) is 0 Å². The first kappa shape index (κ1) is 15.8. The molecule has 21 heavy (non-hydrogen) atoms. The van der Waals surface area contributed by atoms with E-state index in [4.69, 9.17) is 0 Å². The van der Waals surface area contributed by atoms with Crippen LogP contribution >= 0.6 is 0 Å². The third kappa shape index (κ3) is 3.97. The van der Waals surface area contributed by atoms with Crippen molar-refractivity contribution in [2.24, 2.45) is 5.41 Å². The van der Waals surface area contributed by atoms with Gasteiger partial charge in [-0.25, -0.2) is 0 Å². The topological polar surface area (TPSA) is 44.4 Å². The molecule has 0 aliphatic carbocycles. The van der Waals surface area contributed by atoms with Crippen molar-refractivity contribution in [2.75, 3.05) is 38.1 Å². The van der Waals surface area contributed by atoms with E-state index in [0.29, 0.717) is 0 Å². The average molecular weight is 289 g/mol. The lowest BCUT2D eigenvalue weighted by molar-refractivity contribution is -0.130. The van der Waals surface area contributed by atoms with Gasteiger partial charge in [0.2, 0.25) is 5.91 Å². The minimum Gasteiger partial charge on any atom is -0.375 e. The maximum Gasteiger partial charge on any atom is 0.227 e. The number of hydrogen-bond donors (Lipinski definition) is 2. The first-order valence-corrected chi connectivity index (χ1v) is 7.93. The van der Waals surface area contributed by atoms with Crippen LogP contribution in [-0.2, 0) is 4.79 Å². The Morgan fingerprint density at radius 1 is 1.38 bits per heavy atom. The predicted molar refractivity (Wildman–Crippen MR) is 87.5 cm³/mol. The molecule has 0 saturated carbocycles. The van der Waals surface area contributed by atoms with E-state index in [1.807, 2.05) is 18.2 Å². The van der Waals surface area contributed by atoms with Gasteiger partial charge in [-0.3, -0.25) is 4.79 Å². The summed E-state index contributed by atoms with van der Waals surface area (Å²) in [5.74, 6) is 0.220. The number of rotatable bonds is 7. The molecule has 0 radical (unpaired) electrons. The van der Waals surface area contributed by atoms with Crippen LogP contribution in [0.2, 0.25) is 0 Å². The summed E-state index contributed by atoms with van der Waals surface area (Å²) in [4.78, 5) is 14.6. The minimum atomic E-state index is -0.175. The highest BCUT2D eigenvalue weighted by molar-refractivity contribution is 5.83. The van der Waals surface area contributed by atoms with Gasteiger partial charge < -0.3 is 15.5 Å². The molecule has 1 saturated heterocycles. The van der Waals surface area contributed by atoms with Gasteiger partial charge in [-0.1, -0.05) is 25.1 Å². The number of amides is 1. The van der Waals surface area contributed by atoms with E-state index in [2.05, 4.69) is 41.6 Å². The number of nitrogens with one attached hydrogen (secondary N) is 2. The van der Waals surface area contributed by atoms with Gasteiger partial charge in [0.25, 0.3) is 0 Å². The molecule has 1 heterocycles. The first-order valence-electron chi connectivity index (χ1n) is 7.93. The molecular weight excluding hydrogens is 262 g/mol. The number of carbonyl (C=O) groups excluding carboxylic acids is 1. The molecule has 1 aromatic rings. The highest BCUT2D eigenvalue weighted by Gasteiger charge is 2.38. The molecule has 1 aliphatic heterocycles. The number of nitrogens with zero attached hydrogens (tertiary/aromatic N) is 1. The van der Waals surface area contributed by atoms with Gasteiger partial charge in [0.1, 0.15) is 0 Å². The van der Waals surface area contributed by atoms with Crippen molar-refractivity contribution in [3.8, 4) is 0 Å². The first-order chi connectivity index (χ1) is 10.2. The second-order valence-corrected chi connectivity index (χ2v) is 5.93. The van der Waals surface area contributed by atoms with Gasteiger partial charge in [0, 0.05) is 32.4 Å². The third-order valence-electron chi connectivity index (χ3n) is 4.55. The van der Waals surface area contributed by atoms with E-state index < -0.39 is 0 Å². The largest absolute Gasteiger partial charge is 0.375 e. The highest BCUT2D eigenvalue weighted by atomic mass is 16.2. The van der Waals surface area contributed by atoms with Crippen LogP contribution in [-0.4, -0.2) is 39.1 Å². The maximum absolute atomic E-state index is 12.3. The fraction of sp³-hybridized carbons (Fsp3) is 0.588. The van der Waals surface area contributed by atoms with Crippen molar-refractivity contribution < 1.29 is 4.79 Å². The van der Waals surface area contributed by atoms with Crippen LogP contribution in [0.4, 0.5) is 5.69 Å². The zero-order valence-electron chi connectivity index (χ0n) is 13.2. The van der Waals surface area contributed by atoms with Crippen LogP contribution in [0.25, 0.3) is 0 Å². The molecule has 116 valence electrons. The number of hydrogen-bond acceptors (Lipinski definition) is 3. The molecule has 1 aromatic carbocycles. The van der Waals surface area contributed by atoms with Crippen LogP contribution in [0.5, 0.6) is 0 Å². The van der Waals surface area contributed by atoms with Crippen LogP contribution in [0.1, 0.15) is 26.2 Å². The number of benzene rings is 1. The molecule has 1 aliphatic rings. The standard InChI is InChI=1S/C17H27N3O/c1-3-17(10-12-18-14-17)16(21)19-11-7-13-20(2)15-8-5-4-6-9-15/h4-6,8-9,18H,3,7,10-14H2,1-2H3,(H,19,21). The lowest BCUT2D eigenvalue weighted by Crippen LogP contribution is -2.42. The van der Waals surface area contributed by atoms with E-state index in [1.54, 1.807) is 0 Å². The van der Waals surface area contributed by atoms with Crippen molar-refractivity contribution in [2.45, 2.75) is 26.2 Å². The van der Waals surface area contributed by atoms with Gasteiger partial charge in [0.15, 0.2) is 0 Å². The Hall–Kier alpha value is -1.55. The molecule has 2 rings (SSSR count). The van der Waals surface area contributed by atoms with Crippen molar-refractivity contribution in [1.29, 1.82) is 0 Å².